The van der Waals surface area contributed by atoms with Crippen LogP contribution in [0.4, 0.5) is 0 Å². The van der Waals surface area contributed by atoms with E-state index in [9.17, 15) is 0 Å². The molecular weight excluding hydrogens is 307 g/mol. The molecule has 0 atom stereocenters. The number of hydrogen-bond donors (Lipinski definition) is 0. The summed E-state index contributed by atoms with van der Waals surface area (Å²) in [6, 6.07) is 3.78. The zero-order valence-corrected chi connectivity index (χ0v) is 10.3. The highest BCUT2D eigenvalue weighted by molar-refractivity contribution is 9.11. The van der Waals surface area contributed by atoms with Crippen LogP contribution < -0.4 is 4.74 Å². The first-order valence-corrected chi connectivity index (χ1v) is 5.39. The van der Waals surface area contributed by atoms with E-state index in [0.717, 1.165) is 20.3 Å². The van der Waals surface area contributed by atoms with Crippen LogP contribution >= 0.6 is 43.5 Å². The molecule has 1 nitrogen and oxygen atoms in total. The van der Waals surface area contributed by atoms with E-state index in [2.05, 4.69) is 31.9 Å². The first-order valence-electron chi connectivity index (χ1n) is 3.27. The van der Waals surface area contributed by atoms with Crippen molar-refractivity contribution in [3.8, 4) is 5.75 Å². The van der Waals surface area contributed by atoms with Gasteiger partial charge < -0.3 is 4.74 Å². The highest BCUT2D eigenvalue weighted by Crippen LogP contribution is 2.31. The summed E-state index contributed by atoms with van der Waals surface area (Å²) in [5.41, 5.74) is 1.04. The van der Waals surface area contributed by atoms with E-state index in [1.54, 1.807) is 7.11 Å². The lowest BCUT2D eigenvalue weighted by molar-refractivity contribution is 0.414. The maximum Gasteiger partial charge on any atom is 0.121 e. The molecule has 0 heterocycles. The number of rotatable bonds is 2. The maximum absolute atomic E-state index is 5.73. The molecule has 0 N–H and O–H groups in total. The summed E-state index contributed by atoms with van der Waals surface area (Å²) in [6.07, 6.45) is 0. The first-order chi connectivity index (χ1) is 5.69. The Bertz CT molecular complexity index is 265. The van der Waals surface area contributed by atoms with Gasteiger partial charge >= 0.3 is 0 Å². The van der Waals surface area contributed by atoms with Gasteiger partial charge in [-0.25, -0.2) is 0 Å². The largest absolute Gasteiger partial charge is 0.497 e. The molecule has 0 amide bonds. The third-order valence-corrected chi connectivity index (χ3v) is 3.17. The number of methoxy groups -OCH3 is 1. The molecule has 0 aliphatic rings. The first kappa shape index (κ1) is 10.4. The minimum Gasteiger partial charge on any atom is -0.497 e. The fraction of sp³-hybridized carbons (Fsp3) is 0.250. The fourth-order valence-corrected chi connectivity index (χ4v) is 2.86. The van der Waals surface area contributed by atoms with Crippen LogP contribution in [0.2, 0.25) is 0 Å². The van der Waals surface area contributed by atoms with Crippen molar-refractivity contribution in [2.75, 3.05) is 7.11 Å². The van der Waals surface area contributed by atoms with Crippen molar-refractivity contribution in [3.05, 3.63) is 26.6 Å². The summed E-state index contributed by atoms with van der Waals surface area (Å²) in [4.78, 5) is 0. The van der Waals surface area contributed by atoms with E-state index in [1.807, 2.05) is 12.1 Å². The molecule has 0 spiro atoms. The van der Waals surface area contributed by atoms with Crippen molar-refractivity contribution in [1.82, 2.24) is 0 Å². The molecule has 66 valence electrons. The monoisotopic (exact) mass is 312 g/mol. The summed E-state index contributed by atoms with van der Waals surface area (Å²) in [5.74, 6) is 1.29. The third kappa shape index (κ3) is 2.15. The average molecular weight is 314 g/mol. The molecule has 0 aliphatic heterocycles. The fourth-order valence-electron chi connectivity index (χ4n) is 0.825. The van der Waals surface area contributed by atoms with Gasteiger partial charge in [-0.2, -0.15) is 0 Å². The molecule has 0 unspecified atom stereocenters. The lowest BCUT2D eigenvalue weighted by atomic mass is 10.2. The van der Waals surface area contributed by atoms with Gasteiger partial charge in [-0.05, 0) is 17.7 Å². The zero-order chi connectivity index (χ0) is 9.14. The molecule has 0 bridgehead atoms. The Hall–Kier alpha value is 0.270. The van der Waals surface area contributed by atoms with Crippen molar-refractivity contribution >= 4 is 43.5 Å². The molecule has 0 aromatic heterocycles. The van der Waals surface area contributed by atoms with Crippen molar-refractivity contribution in [3.63, 3.8) is 0 Å². The van der Waals surface area contributed by atoms with Crippen LogP contribution in [0.25, 0.3) is 0 Å². The molecule has 12 heavy (non-hydrogen) atoms. The molecule has 4 heteroatoms. The molecular formula is C8H7Br2ClO. The SMILES string of the molecule is COc1cc(Br)c(CCl)c(Br)c1. The predicted octanol–water partition coefficient (Wildman–Crippen LogP) is 3.96. The van der Waals surface area contributed by atoms with E-state index in [0.29, 0.717) is 5.88 Å². The molecule has 0 fully saturated rings. The second kappa shape index (κ2) is 4.49. The Balaban J connectivity index is 3.18. The molecule has 1 aromatic rings. The average Bonchev–Trinajstić information content (AvgIpc) is 2.03. The highest BCUT2D eigenvalue weighted by Gasteiger charge is 2.05. The maximum atomic E-state index is 5.73. The van der Waals surface area contributed by atoms with Crippen LogP contribution in [0, 0.1) is 0 Å². The summed E-state index contributed by atoms with van der Waals surface area (Å²) in [6.45, 7) is 0. The smallest absolute Gasteiger partial charge is 0.121 e. The quantitative estimate of drug-likeness (QED) is 0.751. The Kier molecular flexibility index (Phi) is 3.87. The highest BCUT2D eigenvalue weighted by atomic mass is 79.9. The van der Waals surface area contributed by atoms with Crippen LogP contribution in [0.3, 0.4) is 0 Å². The van der Waals surface area contributed by atoms with Gasteiger partial charge in [0.05, 0.1) is 7.11 Å². The molecule has 1 aromatic carbocycles. The number of benzene rings is 1. The minimum atomic E-state index is 0.477. The van der Waals surface area contributed by atoms with Crippen LogP contribution in [-0.2, 0) is 5.88 Å². The standard InChI is InChI=1S/C8H7Br2ClO/c1-12-5-2-7(9)6(4-11)8(10)3-5/h2-3H,4H2,1H3. The number of ether oxygens (including phenoxy) is 1. The number of hydrogen-bond acceptors (Lipinski definition) is 1. The minimum absolute atomic E-state index is 0.477. The topological polar surface area (TPSA) is 9.23 Å². The Morgan fingerprint density at radius 1 is 1.33 bits per heavy atom. The van der Waals surface area contributed by atoms with Crippen molar-refractivity contribution in [2.24, 2.45) is 0 Å². The van der Waals surface area contributed by atoms with Gasteiger partial charge in [0.25, 0.3) is 0 Å². The van der Waals surface area contributed by atoms with Crippen molar-refractivity contribution in [1.29, 1.82) is 0 Å². The van der Waals surface area contributed by atoms with Crippen molar-refractivity contribution in [2.45, 2.75) is 5.88 Å². The van der Waals surface area contributed by atoms with Gasteiger partial charge in [-0.15, -0.1) is 11.6 Å². The Morgan fingerprint density at radius 2 is 1.83 bits per heavy atom. The normalized spacial score (nSPS) is 10.0. The molecule has 0 saturated heterocycles. The van der Waals surface area contributed by atoms with Crippen LogP contribution in [0.15, 0.2) is 21.1 Å². The lowest BCUT2D eigenvalue weighted by Crippen LogP contribution is -1.87. The number of halogens is 3. The number of alkyl halides is 1. The Morgan fingerprint density at radius 3 is 2.17 bits per heavy atom. The van der Waals surface area contributed by atoms with Crippen LogP contribution in [-0.4, -0.2) is 7.11 Å². The van der Waals surface area contributed by atoms with Gasteiger partial charge in [0.1, 0.15) is 5.75 Å². The molecule has 1 rings (SSSR count). The van der Waals surface area contributed by atoms with Gasteiger partial charge in [-0.3, -0.25) is 0 Å². The lowest BCUT2D eigenvalue weighted by Gasteiger charge is -2.06. The summed E-state index contributed by atoms with van der Waals surface area (Å²) in [7, 11) is 1.63. The van der Waals surface area contributed by atoms with E-state index in [4.69, 9.17) is 16.3 Å². The second-order valence-corrected chi connectivity index (χ2v) is 4.18. The summed E-state index contributed by atoms with van der Waals surface area (Å²) < 4.78 is 7.00. The molecule has 0 radical (unpaired) electrons. The summed E-state index contributed by atoms with van der Waals surface area (Å²) in [5, 5.41) is 0. The molecule has 0 aliphatic carbocycles. The van der Waals surface area contributed by atoms with Crippen molar-refractivity contribution < 1.29 is 4.74 Å². The second-order valence-electron chi connectivity index (χ2n) is 2.20. The molecule has 0 saturated carbocycles. The van der Waals surface area contributed by atoms with E-state index >= 15 is 0 Å². The summed E-state index contributed by atoms with van der Waals surface area (Å²) >= 11 is 12.5. The van der Waals surface area contributed by atoms with E-state index in [-0.39, 0.29) is 0 Å². The Labute approximate surface area is 93.3 Å². The van der Waals surface area contributed by atoms with Gasteiger partial charge in [-0.1, -0.05) is 31.9 Å². The van der Waals surface area contributed by atoms with Crippen LogP contribution in [0.1, 0.15) is 5.56 Å². The van der Waals surface area contributed by atoms with E-state index in [1.165, 1.54) is 0 Å². The van der Waals surface area contributed by atoms with Gasteiger partial charge in [0.15, 0.2) is 0 Å². The van der Waals surface area contributed by atoms with Gasteiger partial charge in [0.2, 0.25) is 0 Å². The van der Waals surface area contributed by atoms with Gasteiger partial charge in [0, 0.05) is 14.8 Å². The predicted molar refractivity (Wildman–Crippen MR) is 58.0 cm³/mol. The van der Waals surface area contributed by atoms with Crippen LogP contribution in [0.5, 0.6) is 5.75 Å². The van der Waals surface area contributed by atoms with E-state index < -0.39 is 0 Å². The zero-order valence-electron chi connectivity index (χ0n) is 6.40. The third-order valence-electron chi connectivity index (χ3n) is 1.48.